The van der Waals surface area contributed by atoms with E-state index in [0.29, 0.717) is 42.8 Å². The van der Waals surface area contributed by atoms with E-state index in [2.05, 4.69) is 6.92 Å². The summed E-state index contributed by atoms with van der Waals surface area (Å²) in [5.41, 5.74) is 0.422. The fourth-order valence-corrected chi connectivity index (χ4v) is 3.58. The number of hydrogen-bond acceptors (Lipinski definition) is 5. The normalized spacial score (nSPS) is 18.3. The van der Waals surface area contributed by atoms with Crippen molar-refractivity contribution >= 4 is 5.97 Å². The van der Waals surface area contributed by atoms with Gasteiger partial charge in [-0.25, -0.2) is 9.18 Å². The molecule has 0 aliphatic carbocycles. The molecule has 1 aliphatic heterocycles. The summed E-state index contributed by atoms with van der Waals surface area (Å²) in [6.45, 7) is 5.95. The van der Waals surface area contributed by atoms with Gasteiger partial charge in [0.1, 0.15) is 17.3 Å². The lowest BCUT2D eigenvalue weighted by atomic mass is 10.0. The standard InChI is InChI=1S/C26H33FO5/c1-3-5-6-7-8-19-17-30-26(31-18-19)23-14-9-20(16-24(23)27)25(28)32-22-12-10-21(11-13-22)29-15-4-2/h9-14,16,19,26H,3-8,15,17-18H2,1-2H3. The number of hydrogen-bond donors (Lipinski definition) is 0. The molecule has 0 N–H and O–H groups in total. The minimum atomic E-state index is -0.748. The van der Waals surface area contributed by atoms with Crippen molar-refractivity contribution in [2.75, 3.05) is 19.8 Å². The van der Waals surface area contributed by atoms with Crippen LogP contribution in [0.15, 0.2) is 42.5 Å². The van der Waals surface area contributed by atoms with Crippen molar-refractivity contribution in [2.45, 2.75) is 58.7 Å². The molecule has 32 heavy (non-hydrogen) atoms. The number of unbranched alkanes of at least 4 members (excludes halogenated alkanes) is 3. The molecule has 1 saturated heterocycles. The minimum Gasteiger partial charge on any atom is -0.494 e. The Kier molecular flexibility index (Phi) is 9.50. The summed E-state index contributed by atoms with van der Waals surface area (Å²) in [5, 5.41) is 0. The third-order valence-electron chi connectivity index (χ3n) is 5.43. The van der Waals surface area contributed by atoms with Crippen molar-refractivity contribution in [1.29, 1.82) is 0 Å². The number of rotatable bonds is 11. The fourth-order valence-electron chi connectivity index (χ4n) is 3.58. The zero-order valence-corrected chi connectivity index (χ0v) is 19.0. The van der Waals surface area contributed by atoms with E-state index >= 15 is 0 Å². The van der Waals surface area contributed by atoms with Gasteiger partial charge in [0.2, 0.25) is 0 Å². The van der Waals surface area contributed by atoms with E-state index in [1.165, 1.54) is 37.5 Å². The molecule has 5 nitrogen and oxygen atoms in total. The molecule has 2 aromatic rings. The number of ether oxygens (including phenoxy) is 4. The first-order chi connectivity index (χ1) is 15.6. The number of benzene rings is 2. The van der Waals surface area contributed by atoms with E-state index in [1.807, 2.05) is 6.92 Å². The van der Waals surface area contributed by atoms with Crippen LogP contribution in [0.4, 0.5) is 4.39 Å². The number of carbonyl (C=O) groups is 1. The Bertz CT molecular complexity index is 844. The molecule has 1 heterocycles. The smallest absolute Gasteiger partial charge is 0.343 e. The summed E-state index contributed by atoms with van der Waals surface area (Å²) >= 11 is 0. The molecule has 2 aromatic carbocycles. The SMILES string of the molecule is CCCCCCC1COC(c2ccc(C(=O)Oc3ccc(OCCC)cc3)cc2F)OC1. The molecule has 1 fully saturated rings. The Balaban J connectivity index is 1.52. The van der Waals surface area contributed by atoms with E-state index in [9.17, 15) is 9.18 Å². The summed E-state index contributed by atoms with van der Waals surface area (Å²) in [6.07, 6.45) is 6.07. The third kappa shape index (κ3) is 7.04. The molecule has 174 valence electrons. The highest BCUT2D eigenvalue weighted by Gasteiger charge is 2.26. The maximum atomic E-state index is 14.7. The van der Waals surface area contributed by atoms with Gasteiger partial charge < -0.3 is 18.9 Å². The van der Waals surface area contributed by atoms with E-state index in [-0.39, 0.29) is 5.56 Å². The van der Waals surface area contributed by atoms with Crippen molar-refractivity contribution in [3.63, 3.8) is 0 Å². The molecule has 0 atom stereocenters. The summed E-state index contributed by atoms with van der Waals surface area (Å²) in [5.74, 6) is 0.244. The first-order valence-corrected chi connectivity index (χ1v) is 11.6. The quantitative estimate of drug-likeness (QED) is 0.226. The minimum absolute atomic E-state index is 0.127. The highest BCUT2D eigenvalue weighted by Crippen LogP contribution is 2.29. The van der Waals surface area contributed by atoms with Gasteiger partial charge in [0.15, 0.2) is 6.29 Å². The monoisotopic (exact) mass is 444 g/mol. The Hall–Kier alpha value is -2.44. The molecule has 0 amide bonds. The second-order valence-corrected chi connectivity index (χ2v) is 8.16. The van der Waals surface area contributed by atoms with Crippen LogP contribution in [0, 0.1) is 11.7 Å². The number of halogens is 1. The van der Waals surface area contributed by atoms with Crippen LogP contribution in [0.1, 0.15) is 74.6 Å². The molecule has 3 rings (SSSR count). The third-order valence-corrected chi connectivity index (χ3v) is 5.43. The van der Waals surface area contributed by atoms with Gasteiger partial charge in [0.05, 0.1) is 25.4 Å². The molecule has 0 bridgehead atoms. The molecule has 0 saturated carbocycles. The van der Waals surface area contributed by atoms with Crippen molar-refractivity contribution < 1.29 is 28.1 Å². The van der Waals surface area contributed by atoms with Crippen LogP contribution in [-0.4, -0.2) is 25.8 Å². The second kappa shape index (κ2) is 12.6. The average molecular weight is 445 g/mol. The van der Waals surface area contributed by atoms with Gasteiger partial charge in [0.25, 0.3) is 0 Å². The Morgan fingerprint density at radius 2 is 1.69 bits per heavy atom. The molecule has 1 aliphatic rings. The van der Waals surface area contributed by atoms with E-state index in [1.54, 1.807) is 24.3 Å². The Morgan fingerprint density at radius 3 is 2.34 bits per heavy atom. The summed E-state index contributed by atoms with van der Waals surface area (Å²) < 4.78 is 37.1. The van der Waals surface area contributed by atoms with E-state index < -0.39 is 18.1 Å². The van der Waals surface area contributed by atoms with Crippen molar-refractivity contribution in [3.8, 4) is 11.5 Å². The van der Waals surface area contributed by atoms with Crippen LogP contribution in [0.25, 0.3) is 0 Å². The van der Waals surface area contributed by atoms with Gasteiger partial charge in [-0.3, -0.25) is 0 Å². The predicted molar refractivity (Wildman–Crippen MR) is 120 cm³/mol. The summed E-state index contributed by atoms with van der Waals surface area (Å²) in [7, 11) is 0. The summed E-state index contributed by atoms with van der Waals surface area (Å²) in [4.78, 5) is 12.4. The summed E-state index contributed by atoms with van der Waals surface area (Å²) in [6, 6.07) is 11.0. The molecule has 6 heteroatoms. The van der Waals surface area contributed by atoms with Gasteiger partial charge >= 0.3 is 5.97 Å². The van der Waals surface area contributed by atoms with Crippen molar-refractivity contribution in [3.05, 3.63) is 59.4 Å². The Morgan fingerprint density at radius 1 is 0.969 bits per heavy atom. The molecule has 0 radical (unpaired) electrons. The highest BCUT2D eigenvalue weighted by molar-refractivity contribution is 5.91. The van der Waals surface area contributed by atoms with Crippen LogP contribution >= 0.6 is 0 Å². The fraction of sp³-hybridized carbons (Fsp3) is 0.500. The van der Waals surface area contributed by atoms with Crippen molar-refractivity contribution in [2.24, 2.45) is 5.92 Å². The van der Waals surface area contributed by atoms with Gasteiger partial charge in [-0.05, 0) is 49.2 Å². The largest absolute Gasteiger partial charge is 0.494 e. The zero-order valence-electron chi connectivity index (χ0n) is 19.0. The van der Waals surface area contributed by atoms with Crippen LogP contribution in [-0.2, 0) is 9.47 Å². The van der Waals surface area contributed by atoms with Crippen molar-refractivity contribution in [1.82, 2.24) is 0 Å². The number of carbonyl (C=O) groups excluding carboxylic acids is 1. The maximum absolute atomic E-state index is 14.7. The lowest BCUT2D eigenvalue weighted by molar-refractivity contribution is -0.207. The first kappa shape index (κ1) is 24.2. The van der Waals surface area contributed by atoms with E-state index in [4.69, 9.17) is 18.9 Å². The van der Waals surface area contributed by atoms with Gasteiger partial charge in [-0.1, -0.05) is 45.6 Å². The predicted octanol–water partition coefficient (Wildman–Crippen LogP) is 6.47. The van der Waals surface area contributed by atoms with Crippen LogP contribution in [0.3, 0.4) is 0 Å². The molecule has 0 unspecified atom stereocenters. The van der Waals surface area contributed by atoms with Crippen LogP contribution in [0.5, 0.6) is 11.5 Å². The van der Waals surface area contributed by atoms with Gasteiger partial charge in [-0.15, -0.1) is 0 Å². The van der Waals surface area contributed by atoms with Gasteiger partial charge in [-0.2, -0.15) is 0 Å². The average Bonchev–Trinajstić information content (AvgIpc) is 2.82. The van der Waals surface area contributed by atoms with E-state index in [0.717, 1.165) is 19.3 Å². The first-order valence-electron chi connectivity index (χ1n) is 11.6. The maximum Gasteiger partial charge on any atom is 0.343 e. The second-order valence-electron chi connectivity index (χ2n) is 8.16. The molecule has 0 aromatic heterocycles. The van der Waals surface area contributed by atoms with Crippen LogP contribution < -0.4 is 9.47 Å². The molecular weight excluding hydrogens is 411 g/mol. The molecular formula is C26H33FO5. The lowest BCUT2D eigenvalue weighted by Crippen LogP contribution is -2.27. The lowest BCUT2D eigenvalue weighted by Gasteiger charge is -2.30. The Labute approximate surface area is 189 Å². The zero-order chi connectivity index (χ0) is 22.8. The van der Waals surface area contributed by atoms with Gasteiger partial charge in [0, 0.05) is 11.5 Å². The molecule has 0 spiro atoms. The van der Waals surface area contributed by atoms with Crippen LogP contribution in [0.2, 0.25) is 0 Å². The topological polar surface area (TPSA) is 54.0 Å². The highest BCUT2D eigenvalue weighted by atomic mass is 19.1. The number of esters is 1.